The Morgan fingerprint density at radius 2 is 1.78 bits per heavy atom. The van der Waals surface area contributed by atoms with Crippen molar-refractivity contribution in [1.82, 2.24) is 15.3 Å². The normalized spacial score (nSPS) is 15.1. The zero-order valence-electron chi connectivity index (χ0n) is 14.3. The molecule has 0 radical (unpaired) electrons. The quantitative estimate of drug-likeness (QED) is 0.759. The van der Waals surface area contributed by atoms with Crippen molar-refractivity contribution in [1.29, 1.82) is 0 Å². The van der Waals surface area contributed by atoms with E-state index in [1.54, 1.807) is 18.3 Å². The minimum absolute atomic E-state index is 0.174. The zero-order chi connectivity index (χ0) is 18.9. The fourth-order valence-electron chi connectivity index (χ4n) is 3.26. The van der Waals surface area contributed by atoms with Gasteiger partial charge < -0.3 is 15.0 Å². The first-order valence-corrected chi connectivity index (χ1v) is 8.57. The summed E-state index contributed by atoms with van der Waals surface area (Å²) in [5.74, 6) is 0.542. The molecule has 5 nitrogen and oxygen atoms in total. The van der Waals surface area contributed by atoms with E-state index < -0.39 is 6.36 Å². The summed E-state index contributed by atoms with van der Waals surface area (Å²) in [7, 11) is 0. The molecular weight excluding hydrogens is 357 g/mol. The minimum Gasteiger partial charge on any atom is -0.403 e. The molecule has 0 amide bonds. The van der Waals surface area contributed by atoms with Gasteiger partial charge in [-0.25, -0.2) is 4.98 Å². The molecule has 0 aliphatic carbocycles. The summed E-state index contributed by atoms with van der Waals surface area (Å²) in [4.78, 5) is 10.7. The number of piperazine rings is 1. The summed E-state index contributed by atoms with van der Waals surface area (Å²) < 4.78 is 42.2. The average molecular weight is 374 g/mol. The van der Waals surface area contributed by atoms with Gasteiger partial charge >= 0.3 is 6.36 Å². The Balaban J connectivity index is 1.77. The zero-order valence-corrected chi connectivity index (χ0v) is 14.3. The molecule has 2 aromatic heterocycles. The van der Waals surface area contributed by atoms with E-state index in [9.17, 15) is 13.2 Å². The van der Waals surface area contributed by atoms with Gasteiger partial charge in [-0.2, -0.15) is 0 Å². The van der Waals surface area contributed by atoms with Gasteiger partial charge in [-0.1, -0.05) is 12.1 Å². The number of hydrogen-bond acceptors (Lipinski definition) is 5. The molecule has 27 heavy (non-hydrogen) atoms. The SMILES string of the molecule is FC(F)(F)Oc1cccc2c(-c3ccnc(N4CCNCC4)c3)ccnc12. The van der Waals surface area contributed by atoms with Gasteiger partial charge in [0.15, 0.2) is 5.75 Å². The summed E-state index contributed by atoms with van der Waals surface area (Å²) in [6, 6.07) is 10.1. The van der Waals surface area contributed by atoms with Crippen LogP contribution < -0.4 is 15.0 Å². The maximum atomic E-state index is 12.7. The second-order valence-electron chi connectivity index (χ2n) is 6.20. The highest BCUT2D eigenvalue weighted by atomic mass is 19.4. The topological polar surface area (TPSA) is 50.3 Å². The van der Waals surface area contributed by atoms with Gasteiger partial charge in [0.25, 0.3) is 0 Å². The van der Waals surface area contributed by atoms with Crippen LogP contribution in [0.5, 0.6) is 5.75 Å². The Hall–Kier alpha value is -2.87. The Morgan fingerprint density at radius 3 is 2.56 bits per heavy atom. The Morgan fingerprint density at radius 1 is 1.00 bits per heavy atom. The first-order chi connectivity index (χ1) is 13.0. The summed E-state index contributed by atoms with van der Waals surface area (Å²) in [5.41, 5.74) is 1.83. The van der Waals surface area contributed by atoms with E-state index in [1.807, 2.05) is 12.1 Å². The molecule has 3 aromatic rings. The van der Waals surface area contributed by atoms with Crippen LogP contribution in [0.1, 0.15) is 0 Å². The third-order valence-corrected chi connectivity index (χ3v) is 4.46. The van der Waals surface area contributed by atoms with Crippen molar-refractivity contribution in [3.05, 3.63) is 48.8 Å². The van der Waals surface area contributed by atoms with Gasteiger partial charge in [-0.3, -0.25) is 4.98 Å². The predicted octanol–water partition coefficient (Wildman–Crippen LogP) is 3.61. The number of aromatic nitrogens is 2. The fraction of sp³-hybridized carbons (Fsp3) is 0.263. The lowest BCUT2D eigenvalue weighted by molar-refractivity contribution is -0.274. The van der Waals surface area contributed by atoms with Crippen molar-refractivity contribution < 1.29 is 17.9 Å². The molecule has 0 spiro atoms. The van der Waals surface area contributed by atoms with Crippen LogP contribution >= 0.6 is 0 Å². The maximum absolute atomic E-state index is 12.7. The molecule has 1 aliphatic rings. The van der Waals surface area contributed by atoms with Crippen molar-refractivity contribution in [3.8, 4) is 16.9 Å². The van der Waals surface area contributed by atoms with Gasteiger partial charge in [-0.15, -0.1) is 13.2 Å². The molecule has 0 bridgehead atoms. The van der Waals surface area contributed by atoms with Crippen LogP contribution in [0.15, 0.2) is 48.8 Å². The summed E-state index contributed by atoms with van der Waals surface area (Å²) >= 11 is 0. The molecule has 4 rings (SSSR count). The molecule has 0 saturated carbocycles. The number of anilines is 1. The molecule has 1 N–H and O–H groups in total. The molecule has 0 unspecified atom stereocenters. The number of hydrogen-bond donors (Lipinski definition) is 1. The number of pyridine rings is 2. The first kappa shape index (κ1) is 17.5. The van der Waals surface area contributed by atoms with Crippen LogP contribution in [0, 0.1) is 0 Å². The number of ether oxygens (including phenoxy) is 1. The molecule has 1 fully saturated rings. The van der Waals surface area contributed by atoms with E-state index in [2.05, 4.69) is 24.9 Å². The number of rotatable bonds is 3. The van der Waals surface area contributed by atoms with E-state index in [-0.39, 0.29) is 11.3 Å². The van der Waals surface area contributed by atoms with Crippen molar-refractivity contribution in [2.75, 3.05) is 31.1 Å². The third-order valence-electron chi connectivity index (χ3n) is 4.46. The lowest BCUT2D eigenvalue weighted by Crippen LogP contribution is -2.43. The average Bonchev–Trinajstić information content (AvgIpc) is 2.67. The number of fused-ring (bicyclic) bond motifs is 1. The van der Waals surface area contributed by atoms with Crippen molar-refractivity contribution in [2.24, 2.45) is 0 Å². The number of nitrogens with zero attached hydrogens (tertiary/aromatic N) is 3. The second kappa shape index (κ2) is 7.03. The Kier molecular flexibility index (Phi) is 4.57. The molecule has 140 valence electrons. The Labute approximate surface area is 153 Å². The standard InChI is InChI=1S/C19H17F3N4O/c20-19(21,22)27-16-3-1-2-15-14(5-7-25-18(15)16)13-4-6-24-17(12-13)26-10-8-23-9-11-26/h1-7,12,23H,8-11H2. The van der Waals surface area contributed by atoms with Gasteiger partial charge in [0.1, 0.15) is 11.3 Å². The predicted molar refractivity (Wildman–Crippen MR) is 96.7 cm³/mol. The molecule has 3 heterocycles. The van der Waals surface area contributed by atoms with Crippen molar-refractivity contribution in [3.63, 3.8) is 0 Å². The molecule has 1 aliphatic heterocycles. The summed E-state index contributed by atoms with van der Waals surface area (Å²) in [5, 5.41) is 3.89. The number of halogens is 3. The maximum Gasteiger partial charge on any atom is 0.573 e. The largest absolute Gasteiger partial charge is 0.573 e. The van der Waals surface area contributed by atoms with E-state index >= 15 is 0 Å². The minimum atomic E-state index is -4.77. The Bertz CT molecular complexity index is 955. The molecule has 8 heteroatoms. The number of para-hydroxylation sites is 1. The van der Waals surface area contributed by atoms with Crippen LogP contribution in [-0.4, -0.2) is 42.5 Å². The monoisotopic (exact) mass is 374 g/mol. The molecule has 1 saturated heterocycles. The van der Waals surface area contributed by atoms with Crippen LogP contribution in [0.25, 0.3) is 22.0 Å². The number of nitrogens with one attached hydrogen (secondary N) is 1. The summed E-state index contributed by atoms with van der Waals surface area (Å²) in [6.07, 6.45) is -1.56. The summed E-state index contributed by atoms with van der Waals surface area (Å²) in [6.45, 7) is 3.50. The molecule has 0 atom stereocenters. The van der Waals surface area contributed by atoms with E-state index in [4.69, 9.17) is 0 Å². The van der Waals surface area contributed by atoms with Gasteiger partial charge in [-0.05, 0) is 35.4 Å². The van der Waals surface area contributed by atoms with Gasteiger partial charge in [0, 0.05) is 44.0 Å². The van der Waals surface area contributed by atoms with E-state index in [0.717, 1.165) is 43.1 Å². The lowest BCUT2D eigenvalue weighted by Gasteiger charge is -2.28. The van der Waals surface area contributed by atoms with Crippen LogP contribution in [-0.2, 0) is 0 Å². The third kappa shape index (κ3) is 3.80. The van der Waals surface area contributed by atoms with Crippen molar-refractivity contribution >= 4 is 16.7 Å². The highest BCUT2D eigenvalue weighted by Crippen LogP contribution is 2.35. The molecular formula is C19H17F3N4O. The highest BCUT2D eigenvalue weighted by Gasteiger charge is 2.32. The second-order valence-corrected chi connectivity index (χ2v) is 6.20. The smallest absolute Gasteiger partial charge is 0.403 e. The van der Waals surface area contributed by atoms with E-state index in [0.29, 0.717) is 5.39 Å². The van der Waals surface area contributed by atoms with Crippen LogP contribution in [0.4, 0.5) is 19.0 Å². The van der Waals surface area contributed by atoms with Crippen molar-refractivity contribution in [2.45, 2.75) is 6.36 Å². The van der Waals surface area contributed by atoms with E-state index in [1.165, 1.54) is 18.3 Å². The lowest BCUT2D eigenvalue weighted by atomic mass is 10.0. The van der Waals surface area contributed by atoms with Crippen LogP contribution in [0.2, 0.25) is 0 Å². The van der Waals surface area contributed by atoms with Gasteiger partial charge in [0.2, 0.25) is 0 Å². The fourth-order valence-corrected chi connectivity index (χ4v) is 3.26. The van der Waals surface area contributed by atoms with Crippen LogP contribution in [0.3, 0.4) is 0 Å². The first-order valence-electron chi connectivity index (χ1n) is 8.57. The number of alkyl halides is 3. The molecule has 1 aromatic carbocycles. The number of benzene rings is 1. The highest BCUT2D eigenvalue weighted by molar-refractivity contribution is 5.97. The van der Waals surface area contributed by atoms with Gasteiger partial charge in [0.05, 0.1) is 0 Å².